The summed E-state index contributed by atoms with van der Waals surface area (Å²) >= 11 is 0. The lowest BCUT2D eigenvalue weighted by atomic mass is 9.40. The SMILES string of the molecule is CC(C)C(O)c1nccn1C12CC(C)(C1)C2. The maximum Gasteiger partial charge on any atom is 0.138 e. The number of aliphatic hydroxyl groups is 1. The van der Waals surface area contributed by atoms with E-state index >= 15 is 0 Å². The highest BCUT2D eigenvalue weighted by atomic mass is 16.3. The molecule has 3 aliphatic carbocycles. The number of nitrogens with zero attached hydrogens (tertiary/aromatic N) is 2. The smallest absolute Gasteiger partial charge is 0.138 e. The van der Waals surface area contributed by atoms with Crippen LogP contribution in [0.3, 0.4) is 0 Å². The van der Waals surface area contributed by atoms with Gasteiger partial charge in [-0.1, -0.05) is 20.8 Å². The van der Waals surface area contributed by atoms with Gasteiger partial charge in [-0.15, -0.1) is 0 Å². The first-order chi connectivity index (χ1) is 7.46. The first kappa shape index (κ1) is 10.3. The summed E-state index contributed by atoms with van der Waals surface area (Å²) in [5, 5.41) is 10.1. The number of rotatable bonds is 3. The molecule has 88 valence electrons. The highest BCUT2D eigenvalue weighted by Gasteiger charge is 2.66. The standard InChI is InChI=1S/C13H20N2O/c1-9(2)10(16)11-14-4-5-15(11)13-6-12(3,7-13)8-13/h4-5,9-10,16H,6-8H2,1-3H3. The summed E-state index contributed by atoms with van der Waals surface area (Å²) in [7, 11) is 0. The van der Waals surface area contributed by atoms with Crippen molar-refractivity contribution in [3.8, 4) is 0 Å². The Morgan fingerprint density at radius 1 is 1.38 bits per heavy atom. The van der Waals surface area contributed by atoms with E-state index in [1.165, 1.54) is 19.3 Å². The van der Waals surface area contributed by atoms with Crippen LogP contribution in [0.1, 0.15) is 52.0 Å². The molecule has 1 aromatic heterocycles. The maximum atomic E-state index is 10.1. The molecule has 1 aromatic rings. The van der Waals surface area contributed by atoms with Crippen LogP contribution in [0.15, 0.2) is 12.4 Å². The van der Waals surface area contributed by atoms with Gasteiger partial charge in [0.2, 0.25) is 0 Å². The van der Waals surface area contributed by atoms with E-state index in [1.54, 1.807) is 0 Å². The molecule has 1 atom stereocenters. The topological polar surface area (TPSA) is 38.1 Å². The van der Waals surface area contributed by atoms with Crippen molar-refractivity contribution in [2.75, 3.05) is 0 Å². The Bertz CT molecular complexity index is 402. The molecular weight excluding hydrogens is 200 g/mol. The lowest BCUT2D eigenvalue weighted by Crippen LogP contribution is -2.66. The number of hydrogen-bond acceptors (Lipinski definition) is 2. The largest absolute Gasteiger partial charge is 0.385 e. The molecule has 1 N–H and O–H groups in total. The van der Waals surface area contributed by atoms with Gasteiger partial charge in [0, 0.05) is 17.9 Å². The van der Waals surface area contributed by atoms with E-state index in [2.05, 4.69) is 16.5 Å². The fourth-order valence-corrected chi connectivity index (χ4v) is 3.72. The predicted octanol–water partition coefficient (Wildman–Crippen LogP) is 2.47. The van der Waals surface area contributed by atoms with Crippen LogP contribution in [0.25, 0.3) is 0 Å². The van der Waals surface area contributed by atoms with Crippen molar-refractivity contribution in [1.29, 1.82) is 0 Å². The van der Waals surface area contributed by atoms with Gasteiger partial charge in [-0.25, -0.2) is 4.98 Å². The van der Waals surface area contributed by atoms with Crippen molar-refractivity contribution in [3.63, 3.8) is 0 Å². The van der Waals surface area contributed by atoms with Crippen molar-refractivity contribution in [1.82, 2.24) is 9.55 Å². The van der Waals surface area contributed by atoms with Gasteiger partial charge in [-0.2, -0.15) is 0 Å². The van der Waals surface area contributed by atoms with E-state index in [0.29, 0.717) is 11.0 Å². The maximum absolute atomic E-state index is 10.1. The zero-order valence-corrected chi connectivity index (χ0v) is 10.3. The molecular formula is C13H20N2O. The molecule has 0 aromatic carbocycles. The van der Waals surface area contributed by atoms with Crippen LogP contribution in [0.5, 0.6) is 0 Å². The van der Waals surface area contributed by atoms with Crippen LogP contribution >= 0.6 is 0 Å². The summed E-state index contributed by atoms with van der Waals surface area (Å²) < 4.78 is 2.24. The van der Waals surface area contributed by atoms with E-state index in [9.17, 15) is 5.11 Å². The molecule has 0 aliphatic heterocycles. The third-order valence-electron chi connectivity index (χ3n) is 4.34. The summed E-state index contributed by atoms with van der Waals surface area (Å²) in [4.78, 5) is 4.35. The molecule has 0 amide bonds. The molecule has 1 heterocycles. The molecule has 0 spiro atoms. The second-order valence-electron chi connectivity index (χ2n) is 6.41. The van der Waals surface area contributed by atoms with E-state index in [4.69, 9.17) is 0 Å². The Hall–Kier alpha value is -0.830. The third kappa shape index (κ3) is 1.15. The van der Waals surface area contributed by atoms with Gasteiger partial charge in [-0.05, 0) is 30.6 Å². The van der Waals surface area contributed by atoms with Crippen molar-refractivity contribution < 1.29 is 5.11 Å². The Kier molecular flexibility index (Phi) is 1.87. The third-order valence-corrected chi connectivity index (χ3v) is 4.34. The molecule has 3 heteroatoms. The van der Waals surface area contributed by atoms with Crippen LogP contribution in [0.4, 0.5) is 0 Å². The van der Waals surface area contributed by atoms with Crippen LogP contribution in [0, 0.1) is 11.3 Å². The minimum Gasteiger partial charge on any atom is -0.385 e. The quantitative estimate of drug-likeness (QED) is 0.849. The molecule has 0 radical (unpaired) electrons. The molecule has 1 unspecified atom stereocenters. The highest BCUT2D eigenvalue weighted by molar-refractivity contribution is 5.22. The Morgan fingerprint density at radius 3 is 2.50 bits per heavy atom. The summed E-state index contributed by atoms with van der Waals surface area (Å²) in [5.41, 5.74) is 0.890. The molecule has 0 saturated heterocycles. The van der Waals surface area contributed by atoms with Crippen LogP contribution in [-0.4, -0.2) is 14.7 Å². The summed E-state index contributed by atoms with van der Waals surface area (Å²) in [6, 6.07) is 0. The number of imidazole rings is 1. The van der Waals surface area contributed by atoms with Crippen molar-refractivity contribution in [3.05, 3.63) is 18.2 Å². The van der Waals surface area contributed by atoms with Gasteiger partial charge in [0.15, 0.2) is 0 Å². The summed E-state index contributed by atoms with van der Waals surface area (Å²) in [6.07, 6.45) is 7.21. The van der Waals surface area contributed by atoms with E-state index < -0.39 is 6.10 Å². The monoisotopic (exact) mass is 220 g/mol. The Balaban J connectivity index is 1.89. The van der Waals surface area contributed by atoms with Gasteiger partial charge in [0.1, 0.15) is 11.9 Å². The van der Waals surface area contributed by atoms with Crippen LogP contribution < -0.4 is 0 Å². The van der Waals surface area contributed by atoms with Crippen LogP contribution in [-0.2, 0) is 5.54 Å². The first-order valence-electron chi connectivity index (χ1n) is 6.18. The van der Waals surface area contributed by atoms with Crippen molar-refractivity contribution >= 4 is 0 Å². The lowest BCUT2D eigenvalue weighted by Gasteiger charge is -2.70. The number of aliphatic hydroxyl groups excluding tert-OH is 1. The summed E-state index contributed by atoms with van der Waals surface area (Å²) in [6.45, 7) is 6.42. The second kappa shape index (κ2) is 2.89. The summed E-state index contributed by atoms with van der Waals surface area (Å²) in [5.74, 6) is 1.08. The molecule has 3 aliphatic rings. The van der Waals surface area contributed by atoms with E-state index in [0.717, 1.165) is 5.82 Å². The van der Waals surface area contributed by atoms with Crippen molar-refractivity contribution in [2.45, 2.75) is 51.7 Å². The fraction of sp³-hybridized carbons (Fsp3) is 0.769. The van der Waals surface area contributed by atoms with E-state index in [1.807, 2.05) is 26.2 Å². The average Bonchev–Trinajstić information content (AvgIpc) is 2.58. The van der Waals surface area contributed by atoms with Gasteiger partial charge < -0.3 is 9.67 Å². The molecule has 3 fully saturated rings. The van der Waals surface area contributed by atoms with Gasteiger partial charge in [0.05, 0.1) is 0 Å². The van der Waals surface area contributed by atoms with Crippen LogP contribution in [0.2, 0.25) is 0 Å². The zero-order valence-electron chi connectivity index (χ0n) is 10.3. The van der Waals surface area contributed by atoms with Gasteiger partial charge >= 0.3 is 0 Å². The van der Waals surface area contributed by atoms with Gasteiger partial charge in [0.25, 0.3) is 0 Å². The first-order valence-corrected chi connectivity index (χ1v) is 6.18. The number of aromatic nitrogens is 2. The second-order valence-corrected chi connectivity index (χ2v) is 6.41. The normalized spacial score (nSPS) is 38.1. The lowest BCUT2D eigenvalue weighted by molar-refractivity contribution is -0.177. The van der Waals surface area contributed by atoms with E-state index in [-0.39, 0.29) is 5.92 Å². The zero-order chi connectivity index (χ0) is 11.6. The molecule has 16 heavy (non-hydrogen) atoms. The molecule has 3 nitrogen and oxygen atoms in total. The average molecular weight is 220 g/mol. The molecule has 2 bridgehead atoms. The minimum absolute atomic E-state index is 0.226. The Morgan fingerprint density at radius 2 is 2.00 bits per heavy atom. The minimum atomic E-state index is -0.433. The predicted molar refractivity (Wildman–Crippen MR) is 62.0 cm³/mol. The Labute approximate surface area is 96.5 Å². The van der Waals surface area contributed by atoms with Crippen molar-refractivity contribution in [2.24, 2.45) is 11.3 Å². The van der Waals surface area contributed by atoms with Gasteiger partial charge in [-0.3, -0.25) is 0 Å². The fourth-order valence-electron chi connectivity index (χ4n) is 3.72. The molecule has 3 saturated carbocycles. The molecule has 4 rings (SSSR count). The number of hydrogen-bond donors (Lipinski definition) is 1. The highest BCUT2D eigenvalue weighted by Crippen LogP contribution is 2.71.